The Morgan fingerprint density at radius 1 is 1.28 bits per heavy atom. The minimum atomic E-state index is 0.418. The average molecular weight is 254 g/mol. The van der Waals surface area contributed by atoms with Crippen LogP contribution in [0.1, 0.15) is 38.9 Å². The first kappa shape index (κ1) is 15.1. The molecule has 1 aromatic rings. The average Bonchev–Trinajstić information content (AvgIpc) is 2.85. The van der Waals surface area contributed by atoms with Gasteiger partial charge in [0.05, 0.1) is 0 Å². The van der Waals surface area contributed by atoms with Crippen LogP contribution in [0.3, 0.4) is 0 Å². The van der Waals surface area contributed by atoms with E-state index in [2.05, 4.69) is 41.1 Å². The molecule has 0 aromatic carbocycles. The van der Waals surface area contributed by atoms with Crippen molar-refractivity contribution < 1.29 is 4.52 Å². The summed E-state index contributed by atoms with van der Waals surface area (Å²) in [6.45, 7) is 9.62. The summed E-state index contributed by atoms with van der Waals surface area (Å²) in [6.07, 6.45) is 2.74. The second-order valence-corrected chi connectivity index (χ2v) is 4.48. The fourth-order valence-corrected chi connectivity index (χ4v) is 1.93. The van der Waals surface area contributed by atoms with Gasteiger partial charge >= 0.3 is 0 Å². The first-order valence-corrected chi connectivity index (χ1v) is 6.94. The number of hydrogen-bond acceptors (Lipinski definition) is 5. The molecule has 18 heavy (non-hydrogen) atoms. The van der Waals surface area contributed by atoms with Gasteiger partial charge in [-0.05, 0) is 26.6 Å². The van der Waals surface area contributed by atoms with Crippen LogP contribution in [0.2, 0.25) is 0 Å². The normalized spacial score (nSPS) is 13.2. The fourth-order valence-electron chi connectivity index (χ4n) is 1.93. The van der Waals surface area contributed by atoms with Crippen LogP contribution < -0.4 is 5.32 Å². The molecule has 1 heterocycles. The minimum absolute atomic E-state index is 0.418. The van der Waals surface area contributed by atoms with Crippen molar-refractivity contribution in [3.8, 4) is 0 Å². The Labute approximate surface area is 110 Å². The molecule has 0 radical (unpaired) electrons. The van der Waals surface area contributed by atoms with E-state index >= 15 is 0 Å². The lowest BCUT2D eigenvalue weighted by Crippen LogP contribution is -2.26. The molecular formula is C13H26N4O. The zero-order chi connectivity index (χ0) is 13.4. The van der Waals surface area contributed by atoms with E-state index in [-0.39, 0.29) is 0 Å². The minimum Gasteiger partial charge on any atom is -0.339 e. The molecule has 0 fully saturated rings. The van der Waals surface area contributed by atoms with E-state index in [0.717, 1.165) is 50.6 Å². The lowest BCUT2D eigenvalue weighted by molar-refractivity contribution is 0.302. The molecule has 0 saturated heterocycles. The highest BCUT2D eigenvalue weighted by Gasteiger charge is 2.12. The molecule has 1 atom stereocenters. The van der Waals surface area contributed by atoms with E-state index in [0.29, 0.717) is 6.04 Å². The van der Waals surface area contributed by atoms with Gasteiger partial charge in [0.1, 0.15) is 0 Å². The van der Waals surface area contributed by atoms with E-state index < -0.39 is 0 Å². The summed E-state index contributed by atoms with van der Waals surface area (Å²) in [4.78, 5) is 6.80. The summed E-state index contributed by atoms with van der Waals surface area (Å²) in [5.41, 5.74) is 0. The zero-order valence-corrected chi connectivity index (χ0v) is 12.1. The van der Waals surface area contributed by atoms with E-state index in [1.54, 1.807) is 0 Å². The molecule has 1 rings (SSSR count). The molecule has 5 heteroatoms. The van der Waals surface area contributed by atoms with Crippen LogP contribution in [-0.4, -0.2) is 47.8 Å². The summed E-state index contributed by atoms with van der Waals surface area (Å²) >= 11 is 0. The van der Waals surface area contributed by atoms with Crippen LogP contribution in [0.5, 0.6) is 0 Å². The largest absolute Gasteiger partial charge is 0.339 e. The monoisotopic (exact) mass is 254 g/mol. The van der Waals surface area contributed by atoms with Crippen LogP contribution in [0.4, 0.5) is 0 Å². The van der Waals surface area contributed by atoms with E-state index in [9.17, 15) is 0 Å². The standard InChI is InChI=1S/C13H26N4O/c1-5-11(14-4)10-13-15-12(16-18-13)8-9-17(6-2)7-3/h11,14H,5-10H2,1-4H3. The Morgan fingerprint density at radius 3 is 2.56 bits per heavy atom. The number of nitrogens with one attached hydrogen (secondary N) is 1. The van der Waals surface area contributed by atoms with Crippen LogP contribution in [0.25, 0.3) is 0 Å². The van der Waals surface area contributed by atoms with Crippen molar-refractivity contribution in [2.45, 2.75) is 46.1 Å². The fraction of sp³-hybridized carbons (Fsp3) is 0.846. The SMILES string of the molecule is CCC(Cc1nc(CCN(CC)CC)no1)NC. The second-order valence-electron chi connectivity index (χ2n) is 4.48. The third kappa shape index (κ3) is 4.74. The van der Waals surface area contributed by atoms with Crippen molar-refractivity contribution in [1.82, 2.24) is 20.4 Å². The van der Waals surface area contributed by atoms with E-state index in [1.165, 1.54) is 0 Å². The van der Waals surface area contributed by atoms with Crippen molar-refractivity contribution in [1.29, 1.82) is 0 Å². The number of likely N-dealkylation sites (N-methyl/N-ethyl adjacent to an activating group) is 2. The zero-order valence-electron chi connectivity index (χ0n) is 12.1. The van der Waals surface area contributed by atoms with Crippen LogP contribution in [0.15, 0.2) is 4.52 Å². The number of nitrogens with zero attached hydrogens (tertiary/aromatic N) is 3. The maximum Gasteiger partial charge on any atom is 0.228 e. The van der Waals surface area contributed by atoms with Crippen LogP contribution in [-0.2, 0) is 12.8 Å². The number of aromatic nitrogens is 2. The van der Waals surface area contributed by atoms with E-state index in [4.69, 9.17) is 4.52 Å². The Bertz CT molecular complexity index is 319. The molecule has 0 spiro atoms. The highest BCUT2D eigenvalue weighted by Crippen LogP contribution is 2.05. The maximum atomic E-state index is 5.28. The third-order valence-electron chi connectivity index (χ3n) is 3.38. The molecule has 1 aromatic heterocycles. The van der Waals surface area contributed by atoms with Crippen molar-refractivity contribution in [2.24, 2.45) is 0 Å². The highest BCUT2D eigenvalue weighted by molar-refractivity contribution is 4.90. The molecule has 0 aliphatic heterocycles. The predicted molar refractivity (Wildman–Crippen MR) is 72.6 cm³/mol. The topological polar surface area (TPSA) is 54.2 Å². The Hall–Kier alpha value is -0.940. The van der Waals surface area contributed by atoms with Gasteiger partial charge in [0.25, 0.3) is 0 Å². The van der Waals surface area contributed by atoms with Crippen LogP contribution in [0, 0.1) is 0 Å². The Balaban J connectivity index is 2.43. The molecule has 1 unspecified atom stereocenters. The summed E-state index contributed by atoms with van der Waals surface area (Å²) in [5.74, 6) is 1.56. The Kier molecular flexibility index (Phi) is 6.90. The van der Waals surface area contributed by atoms with Gasteiger partial charge in [-0.3, -0.25) is 0 Å². The van der Waals surface area contributed by atoms with Crippen molar-refractivity contribution in [2.75, 3.05) is 26.7 Å². The summed E-state index contributed by atoms with van der Waals surface area (Å²) in [7, 11) is 1.96. The maximum absolute atomic E-state index is 5.28. The highest BCUT2D eigenvalue weighted by atomic mass is 16.5. The van der Waals surface area contributed by atoms with Gasteiger partial charge in [-0.25, -0.2) is 0 Å². The smallest absolute Gasteiger partial charge is 0.228 e. The third-order valence-corrected chi connectivity index (χ3v) is 3.38. The molecule has 0 aliphatic carbocycles. The van der Waals surface area contributed by atoms with Gasteiger partial charge in [-0.1, -0.05) is 25.9 Å². The van der Waals surface area contributed by atoms with Gasteiger partial charge in [0, 0.05) is 25.4 Å². The van der Waals surface area contributed by atoms with E-state index in [1.807, 2.05) is 7.05 Å². The van der Waals surface area contributed by atoms with Crippen molar-refractivity contribution >= 4 is 0 Å². The lowest BCUT2D eigenvalue weighted by Gasteiger charge is -2.16. The molecule has 0 bridgehead atoms. The molecule has 1 N–H and O–H groups in total. The molecule has 5 nitrogen and oxygen atoms in total. The van der Waals surface area contributed by atoms with Crippen molar-refractivity contribution in [3.05, 3.63) is 11.7 Å². The van der Waals surface area contributed by atoms with Gasteiger partial charge in [0.15, 0.2) is 5.82 Å². The lowest BCUT2D eigenvalue weighted by atomic mass is 10.1. The first-order valence-electron chi connectivity index (χ1n) is 6.94. The predicted octanol–water partition coefficient (Wildman–Crippen LogP) is 1.49. The quantitative estimate of drug-likeness (QED) is 0.723. The van der Waals surface area contributed by atoms with Gasteiger partial charge in [0.2, 0.25) is 5.89 Å². The first-order chi connectivity index (χ1) is 8.73. The van der Waals surface area contributed by atoms with Crippen LogP contribution >= 0.6 is 0 Å². The van der Waals surface area contributed by atoms with Gasteiger partial charge in [-0.15, -0.1) is 0 Å². The number of hydrogen-bond donors (Lipinski definition) is 1. The summed E-state index contributed by atoms with van der Waals surface area (Å²) in [5, 5.41) is 7.28. The molecule has 0 saturated carbocycles. The summed E-state index contributed by atoms with van der Waals surface area (Å²) in [6, 6.07) is 0.418. The molecular weight excluding hydrogens is 228 g/mol. The van der Waals surface area contributed by atoms with Crippen molar-refractivity contribution in [3.63, 3.8) is 0 Å². The number of rotatable bonds is 9. The Morgan fingerprint density at radius 2 is 2.00 bits per heavy atom. The summed E-state index contributed by atoms with van der Waals surface area (Å²) < 4.78 is 5.28. The molecule has 0 amide bonds. The van der Waals surface area contributed by atoms with Gasteiger partial charge in [-0.2, -0.15) is 4.98 Å². The molecule has 104 valence electrons. The van der Waals surface area contributed by atoms with Gasteiger partial charge < -0.3 is 14.7 Å². The second kappa shape index (κ2) is 8.21. The molecule has 0 aliphatic rings.